The van der Waals surface area contributed by atoms with Crippen molar-refractivity contribution in [1.82, 2.24) is 29.3 Å². The normalized spacial score (nSPS) is 21.6. The lowest BCUT2D eigenvalue weighted by Crippen LogP contribution is -2.43. The Hall–Kier alpha value is -2.28. The Balaban J connectivity index is 1.47. The molecule has 0 aliphatic carbocycles. The van der Waals surface area contributed by atoms with Gasteiger partial charge in [0.1, 0.15) is 6.33 Å². The molecule has 4 heterocycles. The largest absolute Gasteiger partial charge is 0.342 e. The fourth-order valence-corrected chi connectivity index (χ4v) is 3.89. The van der Waals surface area contributed by atoms with Crippen LogP contribution >= 0.6 is 0 Å². The van der Waals surface area contributed by atoms with Crippen molar-refractivity contribution >= 4 is 5.91 Å². The molecule has 1 atom stereocenters. The fraction of sp³-hybridized carbons (Fsp3) is 0.556. The number of hydrogen-bond acceptors (Lipinski definition) is 5. The second-order valence-electron chi connectivity index (χ2n) is 6.90. The van der Waals surface area contributed by atoms with Crippen molar-refractivity contribution in [2.45, 2.75) is 31.6 Å². The monoisotopic (exact) mass is 340 g/mol. The molecule has 4 rings (SSSR count). The Morgan fingerprint density at radius 1 is 1.08 bits per heavy atom. The standard InChI is InChI=1S/C18H24N6O/c25-16(23-9-1-2-10-23)13-22-8-3-4-15(12-22)17-18(21-6-5-20-17)24-11-7-19-14-24/h5-7,11,14-15H,1-4,8-10,12-13H2/t15-/m0/s1. The van der Waals surface area contributed by atoms with E-state index in [1.165, 1.54) is 0 Å². The molecule has 7 nitrogen and oxygen atoms in total. The van der Waals surface area contributed by atoms with Crippen molar-refractivity contribution in [2.24, 2.45) is 0 Å². The highest BCUT2D eigenvalue weighted by atomic mass is 16.2. The summed E-state index contributed by atoms with van der Waals surface area (Å²) in [7, 11) is 0. The Kier molecular flexibility index (Phi) is 4.74. The number of rotatable bonds is 4. The molecule has 2 aromatic rings. The van der Waals surface area contributed by atoms with Crippen LogP contribution in [0.5, 0.6) is 0 Å². The van der Waals surface area contributed by atoms with Crippen LogP contribution in [0.2, 0.25) is 0 Å². The molecule has 2 aliphatic heterocycles. The van der Waals surface area contributed by atoms with Gasteiger partial charge >= 0.3 is 0 Å². The highest BCUT2D eigenvalue weighted by Gasteiger charge is 2.28. The highest BCUT2D eigenvalue weighted by molar-refractivity contribution is 5.78. The SMILES string of the molecule is O=C(CN1CCC[C@H](c2nccnc2-n2ccnc2)C1)N1CCCC1. The molecule has 2 aromatic heterocycles. The molecule has 25 heavy (non-hydrogen) atoms. The van der Waals surface area contributed by atoms with Crippen molar-refractivity contribution in [3.05, 3.63) is 36.8 Å². The molecule has 0 unspecified atom stereocenters. The molecule has 2 fully saturated rings. The highest BCUT2D eigenvalue weighted by Crippen LogP contribution is 2.28. The number of carbonyl (C=O) groups excluding carboxylic acids is 1. The first-order valence-electron chi connectivity index (χ1n) is 9.10. The molecule has 1 amide bonds. The van der Waals surface area contributed by atoms with Crippen molar-refractivity contribution in [3.63, 3.8) is 0 Å². The van der Waals surface area contributed by atoms with Crippen molar-refractivity contribution in [1.29, 1.82) is 0 Å². The lowest BCUT2D eigenvalue weighted by atomic mass is 9.94. The predicted molar refractivity (Wildman–Crippen MR) is 93.4 cm³/mol. The van der Waals surface area contributed by atoms with E-state index in [1.807, 2.05) is 15.7 Å². The first kappa shape index (κ1) is 16.2. The number of hydrogen-bond donors (Lipinski definition) is 0. The molecule has 2 aliphatic rings. The third-order valence-electron chi connectivity index (χ3n) is 5.17. The smallest absolute Gasteiger partial charge is 0.236 e. The average Bonchev–Trinajstić information content (AvgIpc) is 3.36. The van der Waals surface area contributed by atoms with Gasteiger partial charge in [-0.3, -0.25) is 19.2 Å². The van der Waals surface area contributed by atoms with Crippen LogP contribution in [0.1, 0.15) is 37.3 Å². The summed E-state index contributed by atoms with van der Waals surface area (Å²) >= 11 is 0. The Morgan fingerprint density at radius 3 is 2.72 bits per heavy atom. The van der Waals surface area contributed by atoms with Crippen molar-refractivity contribution < 1.29 is 4.79 Å². The minimum Gasteiger partial charge on any atom is -0.342 e. The van der Waals surface area contributed by atoms with Gasteiger partial charge < -0.3 is 4.90 Å². The summed E-state index contributed by atoms with van der Waals surface area (Å²) in [5, 5.41) is 0. The maximum absolute atomic E-state index is 12.5. The zero-order valence-electron chi connectivity index (χ0n) is 14.4. The van der Waals surface area contributed by atoms with E-state index in [1.54, 1.807) is 24.9 Å². The summed E-state index contributed by atoms with van der Waals surface area (Å²) in [6, 6.07) is 0. The number of piperidine rings is 1. The van der Waals surface area contributed by atoms with E-state index in [9.17, 15) is 4.79 Å². The number of carbonyl (C=O) groups is 1. The van der Waals surface area contributed by atoms with Crippen LogP contribution in [0.25, 0.3) is 5.82 Å². The number of imidazole rings is 1. The van der Waals surface area contributed by atoms with Gasteiger partial charge in [0.2, 0.25) is 5.91 Å². The van der Waals surface area contributed by atoms with Crippen LogP contribution in [0.15, 0.2) is 31.1 Å². The van der Waals surface area contributed by atoms with E-state index in [2.05, 4.69) is 19.9 Å². The van der Waals surface area contributed by atoms with Crippen LogP contribution in [0.4, 0.5) is 0 Å². The molecule has 0 N–H and O–H groups in total. The van der Waals surface area contributed by atoms with E-state index in [-0.39, 0.29) is 5.91 Å². The minimum absolute atomic E-state index is 0.270. The molecular formula is C18H24N6O. The van der Waals surface area contributed by atoms with Crippen LogP contribution in [-0.4, -0.2) is 67.9 Å². The zero-order chi connectivity index (χ0) is 17.1. The van der Waals surface area contributed by atoms with Crippen LogP contribution in [-0.2, 0) is 4.79 Å². The van der Waals surface area contributed by atoms with E-state index < -0.39 is 0 Å². The summed E-state index contributed by atoms with van der Waals surface area (Å²) in [5.74, 6) is 1.41. The summed E-state index contributed by atoms with van der Waals surface area (Å²) in [6.07, 6.45) is 13.3. The molecule has 0 saturated carbocycles. The van der Waals surface area contributed by atoms with Crippen LogP contribution < -0.4 is 0 Å². The third-order valence-corrected chi connectivity index (χ3v) is 5.17. The minimum atomic E-state index is 0.270. The number of aromatic nitrogens is 4. The number of likely N-dealkylation sites (tertiary alicyclic amines) is 2. The van der Waals surface area contributed by atoms with E-state index in [0.717, 1.165) is 63.4 Å². The third kappa shape index (κ3) is 3.56. The van der Waals surface area contributed by atoms with E-state index in [0.29, 0.717) is 12.5 Å². The van der Waals surface area contributed by atoms with Gasteiger partial charge in [0.05, 0.1) is 12.2 Å². The summed E-state index contributed by atoms with van der Waals surface area (Å²) in [6.45, 7) is 4.21. The van der Waals surface area contributed by atoms with Gasteiger partial charge in [0.15, 0.2) is 5.82 Å². The first-order valence-corrected chi connectivity index (χ1v) is 9.10. The van der Waals surface area contributed by atoms with Gasteiger partial charge in [-0.1, -0.05) is 0 Å². The zero-order valence-corrected chi connectivity index (χ0v) is 14.4. The number of amides is 1. The lowest BCUT2D eigenvalue weighted by Gasteiger charge is -2.33. The second-order valence-corrected chi connectivity index (χ2v) is 6.90. The Bertz CT molecular complexity index is 710. The van der Waals surface area contributed by atoms with Crippen LogP contribution in [0, 0.1) is 0 Å². The average molecular weight is 340 g/mol. The summed E-state index contributed by atoms with van der Waals surface area (Å²) in [5.41, 5.74) is 0.999. The van der Waals surface area contributed by atoms with Crippen LogP contribution in [0.3, 0.4) is 0 Å². The molecule has 132 valence electrons. The van der Waals surface area contributed by atoms with Gasteiger partial charge in [-0.05, 0) is 32.2 Å². The maximum atomic E-state index is 12.5. The van der Waals surface area contributed by atoms with Crippen molar-refractivity contribution in [2.75, 3.05) is 32.7 Å². The van der Waals surface area contributed by atoms with Gasteiger partial charge in [0, 0.05) is 50.3 Å². The maximum Gasteiger partial charge on any atom is 0.236 e. The van der Waals surface area contributed by atoms with Gasteiger partial charge in [0.25, 0.3) is 0 Å². The molecular weight excluding hydrogens is 316 g/mol. The topological polar surface area (TPSA) is 67.2 Å². The Labute approximate surface area is 147 Å². The molecule has 0 bridgehead atoms. The van der Waals surface area contributed by atoms with E-state index in [4.69, 9.17) is 0 Å². The quantitative estimate of drug-likeness (QED) is 0.843. The van der Waals surface area contributed by atoms with Crippen molar-refractivity contribution in [3.8, 4) is 5.82 Å². The number of nitrogens with zero attached hydrogens (tertiary/aromatic N) is 6. The van der Waals surface area contributed by atoms with Gasteiger partial charge in [-0.2, -0.15) is 0 Å². The Morgan fingerprint density at radius 2 is 1.92 bits per heavy atom. The predicted octanol–water partition coefficient (Wildman–Crippen LogP) is 1.46. The molecule has 7 heteroatoms. The lowest BCUT2D eigenvalue weighted by molar-refractivity contribution is -0.131. The second kappa shape index (κ2) is 7.31. The molecule has 0 aromatic carbocycles. The summed E-state index contributed by atoms with van der Waals surface area (Å²) < 4.78 is 1.91. The molecule has 0 spiro atoms. The van der Waals surface area contributed by atoms with Gasteiger partial charge in [-0.25, -0.2) is 9.97 Å². The summed E-state index contributed by atoms with van der Waals surface area (Å²) in [4.78, 5) is 30.0. The molecule has 2 saturated heterocycles. The van der Waals surface area contributed by atoms with Gasteiger partial charge in [-0.15, -0.1) is 0 Å². The van der Waals surface area contributed by atoms with E-state index >= 15 is 0 Å². The fourth-order valence-electron chi connectivity index (χ4n) is 3.89. The first-order chi connectivity index (χ1) is 12.3. The molecule has 0 radical (unpaired) electrons.